The summed E-state index contributed by atoms with van der Waals surface area (Å²) in [6.45, 7) is 2.20. The zero-order chi connectivity index (χ0) is 17.5. The minimum absolute atomic E-state index is 0.0342. The average Bonchev–Trinajstić information content (AvgIpc) is 2.50. The van der Waals surface area contributed by atoms with E-state index in [4.69, 9.17) is 10.8 Å². The van der Waals surface area contributed by atoms with Crippen LogP contribution in [0.5, 0.6) is 0 Å². The molecule has 0 aromatic heterocycles. The summed E-state index contributed by atoms with van der Waals surface area (Å²) in [6.07, 6.45) is 10.9. The van der Waals surface area contributed by atoms with Crippen LogP contribution in [0.1, 0.15) is 84.0 Å². The molecule has 0 fully saturated rings. The van der Waals surface area contributed by atoms with Crippen molar-refractivity contribution in [3.8, 4) is 0 Å². The predicted octanol–water partition coefficient (Wildman–Crippen LogP) is 2.74. The molecule has 0 saturated carbocycles. The van der Waals surface area contributed by atoms with Gasteiger partial charge in [-0.25, -0.2) is 0 Å². The monoisotopic (exact) mass is 328 g/mol. The molecule has 0 saturated heterocycles. The fraction of sp³-hybridized carbons (Fsp3) is 0.824. The zero-order valence-electron chi connectivity index (χ0n) is 14.3. The maximum absolute atomic E-state index is 11.6. The number of carbonyl (C=O) groups is 3. The molecule has 0 aliphatic rings. The van der Waals surface area contributed by atoms with E-state index in [0.717, 1.165) is 19.3 Å². The lowest BCUT2D eigenvalue weighted by Crippen LogP contribution is -2.34. The van der Waals surface area contributed by atoms with Crippen LogP contribution in [0.2, 0.25) is 0 Å². The summed E-state index contributed by atoms with van der Waals surface area (Å²) in [4.78, 5) is 33.5. The number of nitrogens with two attached hydrogens (primary N) is 1. The summed E-state index contributed by atoms with van der Waals surface area (Å²) in [7, 11) is 0. The highest BCUT2D eigenvalue weighted by Gasteiger charge is 2.14. The van der Waals surface area contributed by atoms with E-state index in [2.05, 4.69) is 12.2 Å². The fourth-order valence-electron chi connectivity index (χ4n) is 2.29. The molecule has 1 atom stereocenters. The van der Waals surface area contributed by atoms with E-state index in [1.165, 1.54) is 38.5 Å². The third-order valence-electron chi connectivity index (χ3n) is 3.79. The first-order valence-corrected chi connectivity index (χ1v) is 8.78. The highest BCUT2D eigenvalue weighted by Crippen LogP contribution is 2.10. The minimum atomic E-state index is -1.14. The highest BCUT2D eigenvalue weighted by molar-refractivity contribution is 5.95. The molecule has 0 spiro atoms. The number of hydrogen-bond donors (Lipinski definition) is 3. The second-order valence-electron chi connectivity index (χ2n) is 6.03. The molecule has 134 valence electrons. The summed E-state index contributed by atoms with van der Waals surface area (Å²) in [5, 5.41) is 10.9. The largest absolute Gasteiger partial charge is 0.480 e. The van der Waals surface area contributed by atoms with Crippen molar-refractivity contribution >= 4 is 17.8 Å². The van der Waals surface area contributed by atoms with Crippen LogP contribution >= 0.6 is 0 Å². The molecule has 23 heavy (non-hydrogen) atoms. The van der Waals surface area contributed by atoms with Crippen molar-refractivity contribution in [2.24, 2.45) is 5.73 Å². The number of carbonyl (C=O) groups excluding carboxylic acids is 2. The number of nitrogens with one attached hydrogen (secondary N) is 1. The van der Waals surface area contributed by atoms with Crippen molar-refractivity contribution in [2.45, 2.75) is 90.0 Å². The summed E-state index contributed by atoms with van der Waals surface area (Å²) in [6, 6.07) is -1.06. The molecule has 2 amide bonds. The van der Waals surface area contributed by atoms with Crippen LogP contribution in [0.15, 0.2) is 0 Å². The summed E-state index contributed by atoms with van der Waals surface area (Å²) < 4.78 is 0. The summed E-state index contributed by atoms with van der Waals surface area (Å²) in [5.74, 6) is -1.89. The summed E-state index contributed by atoms with van der Waals surface area (Å²) in [5.41, 5.74) is 5.30. The van der Waals surface area contributed by atoms with Gasteiger partial charge in [0.05, 0.1) is 0 Å². The molecule has 6 nitrogen and oxygen atoms in total. The third-order valence-corrected chi connectivity index (χ3v) is 3.79. The van der Waals surface area contributed by atoms with Crippen molar-refractivity contribution in [3.63, 3.8) is 0 Å². The Bertz CT molecular complexity index is 359. The van der Waals surface area contributed by atoms with Gasteiger partial charge in [-0.05, 0) is 12.8 Å². The van der Waals surface area contributed by atoms with E-state index in [0.29, 0.717) is 6.42 Å². The highest BCUT2D eigenvalue weighted by atomic mass is 16.4. The zero-order valence-corrected chi connectivity index (χ0v) is 14.3. The van der Waals surface area contributed by atoms with Crippen LogP contribution in [-0.4, -0.2) is 28.9 Å². The number of amides is 2. The van der Waals surface area contributed by atoms with Crippen LogP contribution < -0.4 is 11.1 Å². The number of rotatable bonds is 14. The normalized spacial score (nSPS) is 11.9. The van der Waals surface area contributed by atoms with Gasteiger partial charge in [-0.3, -0.25) is 19.7 Å². The first kappa shape index (κ1) is 21.6. The van der Waals surface area contributed by atoms with Gasteiger partial charge >= 0.3 is 5.97 Å². The lowest BCUT2D eigenvalue weighted by atomic mass is 10.1. The van der Waals surface area contributed by atoms with Gasteiger partial charge in [-0.1, -0.05) is 58.3 Å². The van der Waals surface area contributed by atoms with Gasteiger partial charge in [0.1, 0.15) is 6.04 Å². The molecule has 0 rings (SSSR count). The average molecular weight is 328 g/mol. The van der Waals surface area contributed by atoms with Crippen molar-refractivity contribution in [2.75, 3.05) is 0 Å². The van der Waals surface area contributed by atoms with Crippen LogP contribution in [0.25, 0.3) is 0 Å². The topological polar surface area (TPSA) is 109 Å². The number of imide groups is 1. The maximum Gasteiger partial charge on any atom is 0.320 e. The Labute approximate surface area is 139 Å². The van der Waals surface area contributed by atoms with Crippen molar-refractivity contribution in [1.82, 2.24) is 5.32 Å². The van der Waals surface area contributed by atoms with Crippen molar-refractivity contribution in [1.29, 1.82) is 0 Å². The summed E-state index contributed by atoms with van der Waals surface area (Å²) >= 11 is 0. The fourth-order valence-corrected chi connectivity index (χ4v) is 2.29. The number of unbranched alkanes of at least 4 members (excludes halogenated alkanes) is 8. The number of hydrogen-bond acceptors (Lipinski definition) is 4. The standard InChI is InChI=1S/C17H32N2O4/c1-2-3-4-5-6-7-8-9-10-11-15(20)19-16(21)13-12-14(18)17(22)23/h14H,2-13,18H2,1H3,(H,22,23)(H,19,20,21)/t14-/m0/s1. The molecule has 0 aromatic rings. The third kappa shape index (κ3) is 13.9. The Kier molecular flexibility index (Phi) is 13.3. The van der Waals surface area contributed by atoms with E-state index in [9.17, 15) is 14.4 Å². The van der Waals surface area contributed by atoms with Gasteiger partial charge in [-0.15, -0.1) is 0 Å². The van der Waals surface area contributed by atoms with E-state index in [-0.39, 0.29) is 18.7 Å². The molecular formula is C17H32N2O4. The second kappa shape index (κ2) is 14.2. The van der Waals surface area contributed by atoms with E-state index >= 15 is 0 Å². The smallest absolute Gasteiger partial charge is 0.320 e. The maximum atomic E-state index is 11.6. The lowest BCUT2D eigenvalue weighted by Gasteiger charge is -2.07. The molecular weight excluding hydrogens is 296 g/mol. The van der Waals surface area contributed by atoms with Crippen molar-refractivity contribution < 1.29 is 19.5 Å². The van der Waals surface area contributed by atoms with Crippen LogP contribution in [-0.2, 0) is 14.4 Å². The molecule has 6 heteroatoms. The van der Waals surface area contributed by atoms with Crippen LogP contribution in [0.3, 0.4) is 0 Å². The Morgan fingerprint density at radius 3 is 1.87 bits per heavy atom. The Morgan fingerprint density at radius 2 is 1.35 bits per heavy atom. The number of carboxylic acid groups (broad SMARTS) is 1. The molecule has 0 aliphatic heterocycles. The van der Waals surface area contributed by atoms with Gasteiger partial charge in [-0.2, -0.15) is 0 Å². The van der Waals surface area contributed by atoms with Gasteiger partial charge in [0.15, 0.2) is 0 Å². The molecule has 0 bridgehead atoms. The lowest BCUT2D eigenvalue weighted by molar-refractivity contribution is -0.138. The number of aliphatic carboxylic acids is 1. The first-order valence-electron chi connectivity index (χ1n) is 8.78. The quantitative estimate of drug-likeness (QED) is 0.425. The molecule has 0 aromatic carbocycles. The predicted molar refractivity (Wildman–Crippen MR) is 89.8 cm³/mol. The molecule has 0 unspecified atom stereocenters. The Morgan fingerprint density at radius 1 is 0.870 bits per heavy atom. The Hall–Kier alpha value is -1.43. The molecule has 0 aliphatic carbocycles. The number of carboxylic acids is 1. The molecule has 0 heterocycles. The molecule has 4 N–H and O–H groups in total. The van der Waals surface area contributed by atoms with Crippen molar-refractivity contribution in [3.05, 3.63) is 0 Å². The first-order chi connectivity index (χ1) is 11.0. The van der Waals surface area contributed by atoms with E-state index in [1.807, 2.05) is 0 Å². The Balaban J connectivity index is 3.49. The van der Waals surface area contributed by atoms with E-state index < -0.39 is 17.9 Å². The molecule has 0 radical (unpaired) electrons. The van der Waals surface area contributed by atoms with Gasteiger partial charge in [0.25, 0.3) is 0 Å². The SMILES string of the molecule is CCCCCCCCCCCC(=O)NC(=O)CC[C@H](N)C(=O)O. The van der Waals surface area contributed by atoms with Gasteiger partial charge < -0.3 is 10.8 Å². The second-order valence-corrected chi connectivity index (χ2v) is 6.03. The van der Waals surface area contributed by atoms with E-state index in [1.54, 1.807) is 0 Å². The van der Waals surface area contributed by atoms with Gasteiger partial charge in [0, 0.05) is 12.8 Å². The van der Waals surface area contributed by atoms with Crippen LogP contribution in [0, 0.1) is 0 Å². The minimum Gasteiger partial charge on any atom is -0.480 e. The van der Waals surface area contributed by atoms with Crippen LogP contribution in [0.4, 0.5) is 0 Å². The van der Waals surface area contributed by atoms with Gasteiger partial charge in [0.2, 0.25) is 11.8 Å².